The van der Waals surface area contributed by atoms with Gasteiger partial charge in [0, 0.05) is 18.8 Å². The second-order valence-corrected chi connectivity index (χ2v) is 5.14. The van der Waals surface area contributed by atoms with Crippen LogP contribution in [0.5, 0.6) is 0 Å². The fraction of sp³-hybridized carbons (Fsp3) is 0.643. The molecule has 3 nitrogen and oxygen atoms in total. The first kappa shape index (κ1) is 16.8. The molecular weight excluding hydrogens is 267 g/mol. The molecule has 1 aromatic heterocycles. The quantitative estimate of drug-likeness (QED) is 0.777. The molecule has 0 aliphatic carbocycles. The Kier molecular flexibility index (Phi) is 6.26. The summed E-state index contributed by atoms with van der Waals surface area (Å²) in [5.41, 5.74) is -0.672. The predicted molar refractivity (Wildman–Crippen MR) is 74.7 cm³/mol. The Balaban J connectivity index is 2.32. The number of aromatic nitrogens is 1. The van der Waals surface area contributed by atoms with Crippen molar-refractivity contribution in [1.29, 1.82) is 0 Å². The number of alkyl halides is 3. The number of hydrogen-bond acceptors (Lipinski definition) is 3. The van der Waals surface area contributed by atoms with Gasteiger partial charge in [0.15, 0.2) is 0 Å². The Morgan fingerprint density at radius 1 is 1.30 bits per heavy atom. The zero-order valence-electron chi connectivity index (χ0n) is 12.2. The van der Waals surface area contributed by atoms with Crippen molar-refractivity contribution in [3.05, 3.63) is 23.9 Å². The van der Waals surface area contributed by atoms with E-state index in [-0.39, 0.29) is 5.82 Å². The van der Waals surface area contributed by atoms with E-state index < -0.39 is 11.7 Å². The molecule has 0 bridgehead atoms. The number of nitrogens with one attached hydrogen (secondary N) is 1. The van der Waals surface area contributed by atoms with E-state index in [2.05, 4.69) is 36.1 Å². The summed E-state index contributed by atoms with van der Waals surface area (Å²) in [7, 11) is 2.06. The van der Waals surface area contributed by atoms with Crippen LogP contribution in [0.1, 0.15) is 32.3 Å². The maximum atomic E-state index is 12.5. The molecule has 20 heavy (non-hydrogen) atoms. The smallest absolute Gasteiger partial charge is 0.370 e. The van der Waals surface area contributed by atoms with E-state index in [4.69, 9.17) is 0 Å². The lowest BCUT2D eigenvalue weighted by molar-refractivity contribution is -0.137. The number of hydrogen-bond donors (Lipinski definition) is 1. The topological polar surface area (TPSA) is 28.2 Å². The Hall–Kier alpha value is -1.30. The van der Waals surface area contributed by atoms with Gasteiger partial charge in [0.25, 0.3) is 0 Å². The molecule has 1 N–H and O–H groups in total. The van der Waals surface area contributed by atoms with Gasteiger partial charge in [0.2, 0.25) is 0 Å². The minimum absolute atomic E-state index is 0.275. The molecule has 0 aliphatic rings. The second kappa shape index (κ2) is 7.47. The van der Waals surface area contributed by atoms with Gasteiger partial charge in [-0.15, -0.1) is 0 Å². The molecule has 0 fully saturated rings. The lowest BCUT2D eigenvalue weighted by atomic mass is 10.2. The van der Waals surface area contributed by atoms with Gasteiger partial charge in [0.1, 0.15) is 5.82 Å². The van der Waals surface area contributed by atoms with Crippen molar-refractivity contribution in [3.63, 3.8) is 0 Å². The molecule has 114 valence electrons. The highest BCUT2D eigenvalue weighted by atomic mass is 19.4. The molecule has 0 amide bonds. The fourth-order valence-corrected chi connectivity index (χ4v) is 1.66. The third-order valence-electron chi connectivity index (χ3n) is 3.21. The number of nitrogens with zero attached hydrogens (tertiary/aromatic N) is 2. The van der Waals surface area contributed by atoms with E-state index in [0.717, 1.165) is 31.5 Å². The van der Waals surface area contributed by atoms with Crippen LogP contribution in [0.2, 0.25) is 0 Å². The van der Waals surface area contributed by atoms with Crippen LogP contribution in [-0.4, -0.2) is 36.1 Å². The molecule has 0 aliphatic heterocycles. The highest BCUT2D eigenvalue weighted by molar-refractivity contribution is 5.38. The van der Waals surface area contributed by atoms with E-state index >= 15 is 0 Å². The molecule has 0 saturated heterocycles. The van der Waals surface area contributed by atoms with Crippen molar-refractivity contribution in [2.75, 3.05) is 25.5 Å². The van der Waals surface area contributed by atoms with Gasteiger partial charge in [-0.2, -0.15) is 13.2 Å². The van der Waals surface area contributed by atoms with Gasteiger partial charge < -0.3 is 10.2 Å². The van der Waals surface area contributed by atoms with Crippen molar-refractivity contribution in [2.24, 2.45) is 0 Å². The monoisotopic (exact) mass is 289 g/mol. The summed E-state index contributed by atoms with van der Waals surface area (Å²) < 4.78 is 37.5. The zero-order chi connectivity index (χ0) is 15.2. The minimum atomic E-state index is -4.32. The Morgan fingerprint density at radius 3 is 2.60 bits per heavy atom. The molecule has 6 heteroatoms. The molecule has 0 unspecified atom stereocenters. The van der Waals surface area contributed by atoms with E-state index in [1.165, 1.54) is 6.20 Å². The summed E-state index contributed by atoms with van der Waals surface area (Å²) in [6.45, 7) is 5.87. The van der Waals surface area contributed by atoms with Gasteiger partial charge in [-0.3, -0.25) is 0 Å². The Morgan fingerprint density at radius 2 is 2.00 bits per heavy atom. The molecular formula is C14H22F3N3. The van der Waals surface area contributed by atoms with Crippen molar-refractivity contribution in [2.45, 2.75) is 38.9 Å². The minimum Gasteiger partial charge on any atom is -0.370 e. The maximum absolute atomic E-state index is 12.5. The highest BCUT2D eigenvalue weighted by Gasteiger charge is 2.30. The predicted octanol–water partition coefficient (Wildman–Crippen LogP) is 3.63. The first-order valence-corrected chi connectivity index (χ1v) is 6.78. The van der Waals surface area contributed by atoms with Crippen molar-refractivity contribution < 1.29 is 13.2 Å². The lowest BCUT2D eigenvalue weighted by Gasteiger charge is -2.20. The average molecular weight is 289 g/mol. The van der Waals surface area contributed by atoms with Crippen LogP contribution in [0.15, 0.2) is 18.3 Å². The summed E-state index contributed by atoms with van der Waals surface area (Å²) in [6.07, 6.45) is -1.24. The van der Waals surface area contributed by atoms with Crippen LogP contribution in [0.25, 0.3) is 0 Å². The molecule has 0 saturated carbocycles. The zero-order valence-corrected chi connectivity index (χ0v) is 12.2. The van der Waals surface area contributed by atoms with E-state index in [1.807, 2.05) is 0 Å². The van der Waals surface area contributed by atoms with Gasteiger partial charge in [-0.1, -0.05) is 0 Å². The molecule has 1 rings (SSSR count). The van der Waals surface area contributed by atoms with E-state index in [9.17, 15) is 13.2 Å². The summed E-state index contributed by atoms with van der Waals surface area (Å²) in [5, 5.41) is 2.93. The number of pyridine rings is 1. The molecule has 1 aromatic rings. The molecule has 0 atom stereocenters. The first-order valence-electron chi connectivity index (χ1n) is 6.78. The number of rotatable bonds is 7. The molecule has 0 spiro atoms. The number of unbranched alkanes of at least 4 members (excludes halogenated alkanes) is 1. The number of anilines is 1. The van der Waals surface area contributed by atoms with Crippen LogP contribution in [-0.2, 0) is 6.18 Å². The molecule has 1 heterocycles. The fourth-order valence-electron chi connectivity index (χ4n) is 1.66. The lowest BCUT2D eigenvalue weighted by Crippen LogP contribution is -2.27. The van der Waals surface area contributed by atoms with Crippen LogP contribution in [0.4, 0.5) is 19.0 Å². The van der Waals surface area contributed by atoms with Crippen LogP contribution in [0, 0.1) is 0 Å². The van der Waals surface area contributed by atoms with Crippen LogP contribution in [0.3, 0.4) is 0 Å². The normalized spacial score (nSPS) is 12.2. The highest BCUT2D eigenvalue weighted by Crippen LogP contribution is 2.29. The van der Waals surface area contributed by atoms with Gasteiger partial charge in [-0.05, 0) is 52.4 Å². The standard InChI is InChI=1S/C14H22F3N3/c1-11(2)20(3)9-5-4-7-18-13-10-12(6-8-19-13)14(15,16)17/h6,8,10-11H,4-5,7,9H2,1-3H3,(H,18,19). The van der Waals surface area contributed by atoms with Crippen LogP contribution < -0.4 is 5.32 Å². The first-order chi connectivity index (χ1) is 9.30. The van der Waals surface area contributed by atoms with Crippen LogP contribution >= 0.6 is 0 Å². The Bertz CT molecular complexity index is 405. The van der Waals surface area contributed by atoms with Crippen molar-refractivity contribution >= 4 is 5.82 Å². The second-order valence-electron chi connectivity index (χ2n) is 5.14. The third-order valence-corrected chi connectivity index (χ3v) is 3.21. The van der Waals surface area contributed by atoms with Gasteiger partial charge >= 0.3 is 6.18 Å². The average Bonchev–Trinajstić information content (AvgIpc) is 2.37. The molecule has 0 aromatic carbocycles. The van der Waals surface area contributed by atoms with Gasteiger partial charge in [0.05, 0.1) is 5.56 Å². The van der Waals surface area contributed by atoms with Gasteiger partial charge in [-0.25, -0.2) is 4.98 Å². The Labute approximate surface area is 118 Å². The summed E-state index contributed by atoms with van der Waals surface area (Å²) in [6, 6.07) is 2.52. The largest absolute Gasteiger partial charge is 0.416 e. The summed E-state index contributed by atoms with van der Waals surface area (Å²) in [4.78, 5) is 6.13. The van der Waals surface area contributed by atoms with Crippen molar-refractivity contribution in [3.8, 4) is 0 Å². The third kappa shape index (κ3) is 5.77. The van der Waals surface area contributed by atoms with Crippen molar-refractivity contribution in [1.82, 2.24) is 9.88 Å². The maximum Gasteiger partial charge on any atom is 0.416 e. The summed E-state index contributed by atoms with van der Waals surface area (Å²) in [5.74, 6) is 0.275. The number of halogens is 3. The summed E-state index contributed by atoms with van der Waals surface area (Å²) >= 11 is 0. The van der Waals surface area contributed by atoms with E-state index in [1.54, 1.807) is 0 Å². The SMILES string of the molecule is CC(C)N(C)CCCCNc1cc(C(F)(F)F)ccn1. The molecule has 0 radical (unpaired) electrons. The van der Waals surface area contributed by atoms with E-state index in [0.29, 0.717) is 12.6 Å².